The van der Waals surface area contributed by atoms with Gasteiger partial charge in [-0.2, -0.15) is 10.4 Å². The van der Waals surface area contributed by atoms with Crippen molar-refractivity contribution in [1.82, 2.24) is 15.2 Å². The Bertz CT molecular complexity index is 1350. The molecule has 5 rings (SSSR count). The van der Waals surface area contributed by atoms with Crippen molar-refractivity contribution in [2.75, 3.05) is 18.0 Å². The highest BCUT2D eigenvalue weighted by Crippen LogP contribution is 2.39. The molecule has 0 saturated carbocycles. The molecule has 160 valence electrons. The molecule has 0 radical (unpaired) electrons. The van der Waals surface area contributed by atoms with E-state index in [1.54, 1.807) is 0 Å². The van der Waals surface area contributed by atoms with E-state index >= 15 is 0 Å². The number of nitrogens with zero attached hydrogens (tertiary/aromatic N) is 4. The molecule has 1 fully saturated rings. The summed E-state index contributed by atoms with van der Waals surface area (Å²) < 4.78 is 14.7. The summed E-state index contributed by atoms with van der Waals surface area (Å²) in [5.41, 5.74) is 4.69. The second-order valence-electron chi connectivity index (χ2n) is 8.09. The first-order valence-corrected chi connectivity index (χ1v) is 11.0. The van der Waals surface area contributed by atoms with Gasteiger partial charge in [-0.3, -0.25) is 5.10 Å². The summed E-state index contributed by atoms with van der Waals surface area (Å²) in [6, 6.07) is 14.7. The van der Waals surface area contributed by atoms with Crippen molar-refractivity contribution >= 4 is 28.3 Å². The van der Waals surface area contributed by atoms with Gasteiger partial charge in [0.25, 0.3) is 0 Å². The molecule has 7 heteroatoms. The predicted octanol–water partition coefficient (Wildman–Crippen LogP) is 6.25. The topological polar surface area (TPSA) is 68.6 Å². The lowest BCUT2D eigenvalue weighted by Crippen LogP contribution is -2.29. The third kappa shape index (κ3) is 3.49. The number of rotatable bonds is 3. The fraction of sp³-hybridized carbons (Fsp3) is 0.240. The number of hydrogen-bond donors (Lipinski definition) is 1. The average Bonchev–Trinajstić information content (AvgIpc) is 3.20. The van der Waals surface area contributed by atoms with Crippen molar-refractivity contribution in [3.8, 4) is 28.5 Å². The standard InChI is InChI=1S/C25H21ClFN5/c1-15-22-23(16-5-8-18(9-6-16)32-11-3-2-4-12-32)20(14-28)24(29-25(22)31-30-15)19-13-17(26)7-10-21(19)27/h5-10,13H,2-4,11-12H2,1H3,(H,29,30,31). The molecule has 0 atom stereocenters. The van der Waals surface area contributed by atoms with Crippen molar-refractivity contribution in [2.45, 2.75) is 26.2 Å². The van der Waals surface area contributed by atoms with Crippen LogP contribution in [0.3, 0.4) is 0 Å². The fourth-order valence-electron chi connectivity index (χ4n) is 4.46. The molecule has 4 aromatic rings. The van der Waals surface area contributed by atoms with Crippen LogP contribution >= 0.6 is 11.6 Å². The molecule has 0 unspecified atom stereocenters. The SMILES string of the molecule is Cc1[nH]nc2nc(-c3cc(Cl)ccc3F)c(C#N)c(-c3ccc(N4CCCCC4)cc3)c12. The zero-order chi connectivity index (χ0) is 22.2. The molecule has 0 amide bonds. The van der Waals surface area contributed by atoms with Crippen LogP contribution in [0.25, 0.3) is 33.4 Å². The number of aromatic amines is 1. The van der Waals surface area contributed by atoms with Crippen molar-refractivity contribution < 1.29 is 4.39 Å². The number of anilines is 1. The van der Waals surface area contributed by atoms with Crippen LogP contribution in [-0.2, 0) is 0 Å². The molecule has 0 spiro atoms. The van der Waals surface area contributed by atoms with Crippen molar-refractivity contribution in [3.05, 3.63) is 64.6 Å². The minimum Gasteiger partial charge on any atom is -0.372 e. The van der Waals surface area contributed by atoms with Crippen LogP contribution < -0.4 is 4.90 Å². The minimum atomic E-state index is -0.489. The number of nitrogens with one attached hydrogen (secondary N) is 1. The molecular formula is C25H21ClFN5. The smallest absolute Gasteiger partial charge is 0.182 e. The van der Waals surface area contributed by atoms with Gasteiger partial charge in [0.15, 0.2) is 5.65 Å². The molecule has 1 aliphatic rings. The molecular weight excluding hydrogens is 425 g/mol. The number of piperidine rings is 1. The van der Waals surface area contributed by atoms with Gasteiger partial charge in [-0.25, -0.2) is 9.37 Å². The first-order chi connectivity index (χ1) is 15.6. The van der Waals surface area contributed by atoms with Crippen LogP contribution in [0.5, 0.6) is 0 Å². The number of hydrogen-bond acceptors (Lipinski definition) is 4. The number of benzene rings is 2. The van der Waals surface area contributed by atoms with Crippen LogP contribution in [0.15, 0.2) is 42.5 Å². The Labute approximate surface area is 190 Å². The third-order valence-electron chi connectivity index (χ3n) is 6.06. The number of fused-ring (bicyclic) bond motifs is 1. The van der Waals surface area contributed by atoms with E-state index in [0.29, 0.717) is 21.8 Å². The van der Waals surface area contributed by atoms with Crippen molar-refractivity contribution in [3.63, 3.8) is 0 Å². The Morgan fingerprint density at radius 1 is 1.09 bits per heavy atom. The van der Waals surface area contributed by atoms with Gasteiger partial charge < -0.3 is 4.90 Å². The van der Waals surface area contributed by atoms with Gasteiger partial charge in [0.2, 0.25) is 0 Å². The lowest BCUT2D eigenvalue weighted by molar-refractivity contribution is 0.578. The highest BCUT2D eigenvalue weighted by atomic mass is 35.5. The van der Waals surface area contributed by atoms with E-state index in [2.05, 4.69) is 38.3 Å². The average molecular weight is 446 g/mol. The molecule has 1 N–H and O–H groups in total. The molecule has 5 nitrogen and oxygen atoms in total. The fourth-order valence-corrected chi connectivity index (χ4v) is 4.64. The van der Waals surface area contributed by atoms with Gasteiger partial charge in [0.05, 0.1) is 16.6 Å². The first-order valence-electron chi connectivity index (χ1n) is 10.7. The largest absolute Gasteiger partial charge is 0.372 e. The number of pyridine rings is 1. The molecule has 3 heterocycles. The zero-order valence-electron chi connectivity index (χ0n) is 17.6. The summed E-state index contributed by atoms with van der Waals surface area (Å²) in [6.07, 6.45) is 3.68. The molecule has 2 aromatic carbocycles. The maximum atomic E-state index is 14.7. The molecule has 2 aromatic heterocycles. The molecule has 0 aliphatic carbocycles. The van der Waals surface area contributed by atoms with E-state index in [1.807, 2.05) is 19.1 Å². The lowest BCUT2D eigenvalue weighted by Gasteiger charge is -2.29. The summed E-state index contributed by atoms with van der Waals surface area (Å²) >= 11 is 6.13. The highest BCUT2D eigenvalue weighted by molar-refractivity contribution is 6.30. The van der Waals surface area contributed by atoms with E-state index < -0.39 is 5.82 Å². The Morgan fingerprint density at radius 3 is 2.56 bits per heavy atom. The monoisotopic (exact) mass is 445 g/mol. The van der Waals surface area contributed by atoms with Gasteiger partial charge in [-0.15, -0.1) is 0 Å². The van der Waals surface area contributed by atoms with Gasteiger partial charge >= 0.3 is 0 Å². The Morgan fingerprint density at radius 2 is 1.84 bits per heavy atom. The summed E-state index contributed by atoms with van der Waals surface area (Å²) in [5.74, 6) is -0.489. The number of nitriles is 1. The van der Waals surface area contributed by atoms with Crippen LogP contribution in [-0.4, -0.2) is 28.3 Å². The van der Waals surface area contributed by atoms with Crippen molar-refractivity contribution in [2.24, 2.45) is 0 Å². The predicted molar refractivity (Wildman–Crippen MR) is 125 cm³/mol. The molecule has 32 heavy (non-hydrogen) atoms. The second-order valence-corrected chi connectivity index (χ2v) is 8.52. The van der Waals surface area contributed by atoms with Gasteiger partial charge in [0, 0.05) is 40.6 Å². The van der Waals surface area contributed by atoms with Crippen molar-refractivity contribution in [1.29, 1.82) is 5.26 Å². The normalized spacial score (nSPS) is 14.0. The molecule has 0 bridgehead atoms. The number of halogens is 2. The zero-order valence-corrected chi connectivity index (χ0v) is 18.4. The Kier molecular flexibility index (Phi) is 5.28. The van der Waals surface area contributed by atoms with E-state index in [1.165, 1.54) is 43.1 Å². The van der Waals surface area contributed by atoms with E-state index in [9.17, 15) is 9.65 Å². The van der Waals surface area contributed by atoms with Crippen LogP contribution in [0, 0.1) is 24.1 Å². The summed E-state index contributed by atoms with van der Waals surface area (Å²) in [7, 11) is 0. The second kappa shape index (κ2) is 8.25. The highest BCUT2D eigenvalue weighted by Gasteiger charge is 2.23. The van der Waals surface area contributed by atoms with E-state index in [0.717, 1.165) is 29.7 Å². The number of aromatic nitrogens is 3. The third-order valence-corrected chi connectivity index (χ3v) is 6.29. The Balaban J connectivity index is 1.72. The first kappa shape index (κ1) is 20.5. The maximum Gasteiger partial charge on any atom is 0.182 e. The minimum absolute atomic E-state index is 0.183. The van der Waals surface area contributed by atoms with Gasteiger partial charge in [-0.1, -0.05) is 23.7 Å². The maximum absolute atomic E-state index is 14.7. The van der Waals surface area contributed by atoms with Gasteiger partial charge in [0.1, 0.15) is 11.9 Å². The summed E-state index contributed by atoms with van der Waals surface area (Å²) in [6.45, 7) is 4.01. The quantitative estimate of drug-likeness (QED) is 0.404. The van der Waals surface area contributed by atoms with E-state index in [-0.39, 0.29) is 11.3 Å². The van der Waals surface area contributed by atoms with Crippen LogP contribution in [0.1, 0.15) is 30.5 Å². The Hall–Kier alpha value is -3.43. The summed E-state index contributed by atoms with van der Waals surface area (Å²) in [4.78, 5) is 6.93. The number of aryl methyl sites for hydroxylation is 1. The lowest BCUT2D eigenvalue weighted by atomic mass is 9.93. The number of H-pyrrole nitrogens is 1. The molecule has 1 saturated heterocycles. The van der Waals surface area contributed by atoms with Crippen LogP contribution in [0.2, 0.25) is 5.02 Å². The van der Waals surface area contributed by atoms with Crippen LogP contribution in [0.4, 0.5) is 10.1 Å². The summed E-state index contributed by atoms with van der Waals surface area (Å²) in [5, 5.41) is 18.5. The molecule has 1 aliphatic heterocycles. The van der Waals surface area contributed by atoms with Gasteiger partial charge in [-0.05, 0) is 62.1 Å². The van der Waals surface area contributed by atoms with E-state index in [4.69, 9.17) is 11.6 Å².